The quantitative estimate of drug-likeness (QED) is 0.400. The van der Waals surface area contributed by atoms with E-state index in [9.17, 15) is 4.79 Å². The van der Waals surface area contributed by atoms with E-state index in [1.54, 1.807) is 29.6 Å². The van der Waals surface area contributed by atoms with Crippen molar-refractivity contribution in [2.75, 3.05) is 0 Å². The largest absolute Gasteiger partial charge is 0.439 e. The van der Waals surface area contributed by atoms with E-state index in [0.717, 1.165) is 28.1 Å². The fraction of sp³-hybridized carbons (Fsp3) is 0.0741. The van der Waals surface area contributed by atoms with Crippen LogP contribution in [0.15, 0.2) is 120 Å². The Kier molecular flexibility index (Phi) is 5.32. The van der Waals surface area contributed by atoms with Gasteiger partial charge in [-0.05, 0) is 5.56 Å². The van der Waals surface area contributed by atoms with Crippen LogP contribution in [0.4, 0.5) is 4.79 Å². The van der Waals surface area contributed by atoms with Gasteiger partial charge in [0.25, 0.3) is 0 Å². The highest BCUT2D eigenvalue weighted by molar-refractivity contribution is 5.87. The van der Waals surface area contributed by atoms with Crippen LogP contribution in [0.25, 0.3) is 5.70 Å². The minimum absolute atomic E-state index is 0.0144. The van der Waals surface area contributed by atoms with Crippen LogP contribution in [0, 0.1) is 0 Å². The second-order valence-electron chi connectivity index (χ2n) is 7.83. The number of nitrogens with zero attached hydrogens (tertiary/aromatic N) is 4. The van der Waals surface area contributed by atoms with Crippen LogP contribution in [0.2, 0.25) is 0 Å². The molecule has 5 nitrogen and oxygen atoms in total. The molecule has 1 aliphatic heterocycles. The lowest BCUT2D eigenvalue weighted by Gasteiger charge is -2.30. The molecule has 2 heterocycles. The Labute approximate surface area is 187 Å². The number of aromatic nitrogens is 2. The predicted octanol–water partition coefficient (Wildman–Crippen LogP) is 5.52. The molecule has 1 amide bonds. The van der Waals surface area contributed by atoms with Crippen molar-refractivity contribution in [1.29, 1.82) is 0 Å². The van der Waals surface area contributed by atoms with E-state index in [1.807, 2.05) is 66.7 Å². The fourth-order valence-corrected chi connectivity index (χ4v) is 4.16. The lowest BCUT2D eigenvalue weighted by atomic mass is 10.0. The van der Waals surface area contributed by atoms with E-state index < -0.39 is 0 Å². The minimum Gasteiger partial charge on any atom is -0.245 e. The molecule has 1 unspecified atom stereocenters. The maximum Gasteiger partial charge on any atom is 0.439 e. The third-order valence-corrected chi connectivity index (χ3v) is 5.74. The van der Waals surface area contributed by atoms with Crippen LogP contribution < -0.4 is 0 Å². The highest BCUT2D eigenvalue weighted by Crippen LogP contribution is 2.37. The summed E-state index contributed by atoms with van der Waals surface area (Å²) in [4.78, 5) is 22.9. The highest BCUT2D eigenvalue weighted by atomic mass is 16.2. The lowest BCUT2D eigenvalue weighted by molar-refractivity contribution is -0.722. The number of quaternary nitrogens is 1. The number of aliphatic imine (C=N–C) groups is 1. The van der Waals surface area contributed by atoms with Crippen LogP contribution in [0.1, 0.15) is 16.7 Å². The molecule has 5 rings (SSSR count). The molecule has 1 aromatic heterocycles. The highest BCUT2D eigenvalue weighted by Gasteiger charge is 2.47. The molecule has 1 atom stereocenters. The third kappa shape index (κ3) is 3.70. The van der Waals surface area contributed by atoms with Crippen molar-refractivity contribution < 1.29 is 9.28 Å². The van der Waals surface area contributed by atoms with Gasteiger partial charge in [0.1, 0.15) is 18.6 Å². The van der Waals surface area contributed by atoms with Gasteiger partial charge in [-0.3, -0.25) is 0 Å². The topological polar surface area (TPSA) is 47.2 Å². The monoisotopic (exact) mass is 419 g/mol. The molecule has 4 aromatic rings. The van der Waals surface area contributed by atoms with Gasteiger partial charge in [0.05, 0.1) is 6.42 Å². The van der Waals surface area contributed by atoms with Gasteiger partial charge in [-0.15, -0.1) is 0 Å². The maximum atomic E-state index is 14.0. The van der Waals surface area contributed by atoms with E-state index >= 15 is 0 Å². The van der Waals surface area contributed by atoms with Gasteiger partial charge in [-0.1, -0.05) is 91.0 Å². The van der Waals surface area contributed by atoms with Crippen molar-refractivity contribution in [1.82, 2.24) is 9.55 Å². The normalized spacial score (nSPS) is 17.6. The molecule has 156 valence electrons. The number of hydrogen-bond acceptors (Lipinski definition) is 3. The summed E-state index contributed by atoms with van der Waals surface area (Å²) in [6, 6.07) is 30.3. The zero-order chi connectivity index (χ0) is 21.8. The van der Waals surface area contributed by atoms with Gasteiger partial charge in [-0.25, -0.2) is 14.3 Å². The standard InChI is InChI=1S/C27H23N4O/c32-27(30-17-16-28-20-30)31(19-23-12-6-2-7-13-23)21-29-26(24-14-8-3-9-15-24)25(31)18-22-10-4-1-5-11-22/h1-17,20-21H,18-19H2/q+1. The van der Waals surface area contributed by atoms with E-state index in [2.05, 4.69) is 29.2 Å². The Bertz CT molecular complexity index is 1260. The van der Waals surface area contributed by atoms with Crippen LogP contribution >= 0.6 is 0 Å². The number of carbonyl (C=O) groups is 1. The average Bonchev–Trinajstić information content (AvgIpc) is 3.50. The zero-order valence-corrected chi connectivity index (χ0v) is 17.6. The number of carbonyl (C=O) groups excluding carboxylic acids is 1. The van der Waals surface area contributed by atoms with E-state index in [1.165, 1.54) is 0 Å². The SMILES string of the molecule is O=C(n1ccnc1)[N+]1(Cc2ccccc2)C=NC(c2ccccc2)=C1Cc1ccccc1. The van der Waals surface area contributed by atoms with Crippen molar-refractivity contribution >= 4 is 18.1 Å². The van der Waals surface area contributed by atoms with Gasteiger partial charge in [0.2, 0.25) is 6.34 Å². The van der Waals surface area contributed by atoms with Crippen molar-refractivity contribution in [2.24, 2.45) is 4.99 Å². The molecule has 1 aliphatic rings. The Morgan fingerprint density at radius 1 is 0.812 bits per heavy atom. The smallest absolute Gasteiger partial charge is 0.245 e. The van der Waals surface area contributed by atoms with Crippen LogP contribution in [-0.4, -0.2) is 26.4 Å². The van der Waals surface area contributed by atoms with Crippen LogP contribution in [-0.2, 0) is 13.0 Å². The fourth-order valence-electron chi connectivity index (χ4n) is 4.16. The molecule has 0 fully saturated rings. The van der Waals surface area contributed by atoms with Crippen molar-refractivity contribution in [2.45, 2.75) is 13.0 Å². The molecular formula is C27H23N4O+. The summed E-state index contributed by atoms with van der Waals surface area (Å²) in [7, 11) is 0. The first kappa shape index (κ1) is 19.8. The number of rotatable bonds is 5. The zero-order valence-electron chi connectivity index (χ0n) is 17.6. The first-order valence-corrected chi connectivity index (χ1v) is 10.6. The number of benzene rings is 3. The van der Waals surface area contributed by atoms with E-state index in [4.69, 9.17) is 4.99 Å². The molecule has 0 N–H and O–H groups in total. The van der Waals surface area contributed by atoms with Crippen LogP contribution in [0.3, 0.4) is 0 Å². The lowest BCUT2D eigenvalue weighted by Crippen LogP contribution is -2.51. The van der Waals surface area contributed by atoms with Gasteiger partial charge in [0.15, 0.2) is 5.70 Å². The van der Waals surface area contributed by atoms with Gasteiger partial charge >= 0.3 is 6.03 Å². The molecular weight excluding hydrogens is 396 g/mol. The Morgan fingerprint density at radius 2 is 1.44 bits per heavy atom. The first-order valence-electron chi connectivity index (χ1n) is 10.6. The second-order valence-corrected chi connectivity index (χ2v) is 7.83. The molecule has 32 heavy (non-hydrogen) atoms. The second kappa shape index (κ2) is 8.57. The molecule has 0 aliphatic carbocycles. The summed E-state index contributed by atoms with van der Waals surface area (Å²) in [6.45, 7) is 0.472. The molecule has 0 bridgehead atoms. The summed E-state index contributed by atoms with van der Waals surface area (Å²) >= 11 is 0. The van der Waals surface area contributed by atoms with E-state index in [0.29, 0.717) is 13.0 Å². The summed E-state index contributed by atoms with van der Waals surface area (Å²) in [5.74, 6) is 0. The number of amides is 1. The molecule has 0 saturated heterocycles. The molecule has 0 saturated carbocycles. The number of imidazole rings is 1. The molecule has 0 radical (unpaired) electrons. The molecule has 0 spiro atoms. The minimum atomic E-state index is -0.105. The Balaban J connectivity index is 1.70. The van der Waals surface area contributed by atoms with Gasteiger partial charge < -0.3 is 0 Å². The van der Waals surface area contributed by atoms with Crippen LogP contribution in [0.5, 0.6) is 0 Å². The molecule has 3 aromatic carbocycles. The van der Waals surface area contributed by atoms with Crippen molar-refractivity contribution in [3.05, 3.63) is 132 Å². The summed E-state index contributed by atoms with van der Waals surface area (Å²) in [5.41, 5.74) is 4.99. The number of allylic oxidation sites excluding steroid dienone is 1. The Morgan fingerprint density at radius 3 is 2.06 bits per heavy atom. The van der Waals surface area contributed by atoms with Gasteiger partial charge in [0, 0.05) is 23.5 Å². The molecule has 5 heteroatoms. The number of hydrogen-bond donors (Lipinski definition) is 0. The van der Waals surface area contributed by atoms with Gasteiger partial charge in [-0.2, -0.15) is 9.48 Å². The van der Waals surface area contributed by atoms with E-state index in [-0.39, 0.29) is 10.5 Å². The Hall–Kier alpha value is -4.09. The predicted molar refractivity (Wildman–Crippen MR) is 125 cm³/mol. The van der Waals surface area contributed by atoms with Crippen molar-refractivity contribution in [3.63, 3.8) is 0 Å². The summed E-state index contributed by atoms with van der Waals surface area (Å²) in [6.07, 6.45) is 7.28. The summed E-state index contributed by atoms with van der Waals surface area (Å²) in [5, 5.41) is 0. The maximum absolute atomic E-state index is 14.0. The van der Waals surface area contributed by atoms with Crippen molar-refractivity contribution in [3.8, 4) is 0 Å². The summed E-state index contributed by atoms with van der Waals surface area (Å²) < 4.78 is 1.54. The average molecular weight is 420 g/mol. The first-order chi connectivity index (χ1) is 15.8. The third-order valence-electron chi connectivity index (χ3n) is 5.74.